The molecule has 0 atom stereocenters. The summed E-state index contributed by atoms with van der Waals surface area (Å²) in [5.41, 5.74) is 5.44. The lowest BCUT2D eigenvalue weighted by Crippen LogP contribution is -1.95. The molecule has 1 heteroatoms. The first-order chi connectivity index (χ1) is 14.3. The fraction of sp³-hybridized carbons (Fsp3) is 0.571. The molecule has 0 aliphatic rings. The van der Waals surface area contributed by atoms with Crippen molar-refractivity contribution in [3.05, 3.63) is 70.8 Å². The van der Waals surface area contributed by atoms with Gasteiger partial charge >= 0.3 is 0 Å². The fourth-order valence-corrected chi connectivity index (χ4v) is 3.76. The van der Waals surface area contributed by atoms with Crippen LogP contribution in [0.15, 0.2) is 48.5 Å². The second-order valence-electron chi connectivity index (χ2n) is 8.45. The predicted molar refractivity (Wildman–Crippen MR) is 126 cm³/mol. The topological polar surface area (TPSA) is 9.23 Å². The van der Waals surface area contributed by atoms with Crippen molar-refractivity contribution < 1.29 is 4.74 Å². The number of aryl methyl sites for hydroxylation is 2. The highest BCUT2D eigenvalue weighted by Crippen LogP contribution is 2.14. The van der Waals surface area contributed by atoms with Gasteiger partial charge in [0, 0.05) is 0 Å². The van der Waals surface area contributed by atoms with E-state index in [1.165, 1.54) is 99.3 Å². The molecule has 29 heavy (non-hydrogen) atoms. The van der Waals surface area contributed by atoms with Gasteiger partial charge in [-0.05, 0) is 47.9 Å². The monoisotopic (exact) mass is 394 g/mol. The van der Waals surface area contributed by atoms with E-state index in [1.807, 2.05) is 0 Å². The van der Waals surface area contributed by atoms with E-state index in [9.17, 15) is 0 Å². The highest BCUT2D eigenvalue weighted by Gasteiger charge is 1.99. The third-order valence-corrected chi connectivity index (χ3v) is 5.72. The number of ether oxygens (including phenoxy) is 1. The Labute approximate surface area is 179 Å². The Morgan fingerprint density at radius 3 is 1.17 bits per heavy atom. The van der Waals surface area contributed by atoms with E-state index in [0.29, 0.717) is 13.2 Å². The van der Waals surface area contributed by atoms with Gasteiger partial charge in [0.1, 0.15) is 0 Å². The van der Waals surface area contributed by atoms with Gasteiger partial charge < -0.3 is 4.74 Å². The molecule has 1 nitrogen and oxygen atoms in total. The van der Waals surface area contributed by atoms with Crippen LogP contribution in [0, 0.1) is 0 Å². The molecule has 0 radical (unpaired) electrons. The first-order valence-corrected chi connectivity index (χ1v) is 12.0. The summed E-state index contributed by atoms with van der Waals surface area (Å²) in [6, 6.07) is 18.0. The van der Waals surface area contributed by atoms with Crippen LogP contribution < -0.4 is 0 Å². The second kappa shape index (κ2) is 15.3. The Kier molecular flexibility index (Phi) is 12.5. The van der Waals surface area contributed by atoms with Gasteiger partial charge in [0.25, 0.3) is 0 Å². The first kappa shape index (κ1) is 23.7. The molecule has 0 heterocycles. The van der Waals surface area contributed by atoms with Crippen LogP contribution >= 0.6 is 0 Å². The largest absolute Gasteiger partial charge is 0.372 e. The van der Waals surface area contributed by atoms with Gasteiger partial charge in [-0.2, -0.15) is 0 Å². The van der Waals surface area contributed by atoms with Crippen molar-refractivity contribution in [3.63, 3.8) is 0 Å². The van der Waals surface area contributed by atoms with Gasteiger partial charge in [0.2, 0.25) is 0 Å². The summed E-state index contributed by atoms with van der Waals surface area (Å²) in [6.45, 7) is 5.92. The van der Waals surface area contributed by atoms with Crippen molar-refractivity contribution in [2.75, 3.05) is 0 Å². The lowest BCUT2D eigenvalue weighted by Gasteiger charge is -2.08. The third-order valence-electron chi connectivity index (χ3n) is 5.72. The lowest BCUT2D eigenvalue weighted by atomic mass is 10.0. The Morgan fingerprint density at radius 2 is 0.793 bits per heavy atom. The smallest absolute Gasteiger partial charge is 0.0721 e. The summed E-state index contributed by atoms with van der Waals surface area (Å²) in [6.07, 6.45) is 15.9. The van der Waals surface area contributed by atoms with E-state index >= 15 is 0 Å². The van der Waals surface area contributed by atoms with Crippen LogP contribution in [0.4, 0.5) is 0 Å². The van der Waals surface area contributed by atoms with Crippen LogP contribution in [0.1, 0.15) is 100 Å². The molecule has 0 aliphatic heterocycles. The molecule has 0 amide bonds. The standard InChI is InChI=1S/C28H42O/c1-3-5-7-9-11-13-25-15-19-27(20-16-25)23-29-24-28-21-17-26(18-22-28)14-12-10-8-6-4-2/h15-22H,3-14,23-24H2,1-2H3. The lowest BCUT2D eigenvalue weighted by molar-refractivity contribution is 0.107. The zero-order valence-electron chi connectivity index (χ0n) is 18.9. The predicted octanol–water partition coefficient (Wildman–Crippen LogP) is 8.43. The zero-order valence-corrected chi connectivity index (χ0v) is 18.9. The first-order valence-electron chi connectivity index (χ1n) is 12.0. The molecule has 0 bridgehead atoms. The van der Waals surface area contributed by atoms with Crippen molar-refractivity contribution in [3.8, 4) is 0 Å². The average molecular weight is 395 g/mol. The molecule has 0 saturated carbocycles. The summed E-state index contributed by atoms with van der Waals surface area (Å²) < 4.78 is 5.94. The molecule has 0 N–H and O–H groups in total. The van der Waals surface area contributed by atoms with E-state index < -0.39 is 0 Å². The van der Waals surface area contributed by atoms with Crippen LogP contribution in [-0.2, 0) is 30.8 Å². The Hall–Kier alpha value is -1.60. The normalized spacial score (nSPS) is 11.1. The van der Waals surface area contributed by atoms with Gasteiger partial charge in [0.05, 0.1) is 13.2 Å². The van der Waals surface area contributed by atoms with Crippen molar-refractivity contribution >= 4 is 0 Å². The quantitative estimate of drug-likeness (QED) is 0.260. The van der Waals surface area contributed by atoms with Crippen molar-refractivity contribution in [1.29, 1.82) is 0 Å². The molecular weight excluding hydrogens is 352 g/mol. The summed E-state index contributed by atoms with van der Waals surface area (Å²) in [5.74, 6) is 0. The molecular formula is C28H42O. The summed E-state index contributed by atoms with van der Waals surface area (Å²) in [4.78, 5) is 0. The van der Waals surface area contributed by atoms with E-state index in [4.69, 9.17) is 4.74 Å². The van der Waals surface area contributed by atoms with Gasteiger partial charge in [-0.15, -0.1) is 0 Å². The summed E-state index contributed by atoms with van der Waals surface area (Å²) in [7, 11) is 0. The molecule has 0 aromatic heterocycles. The molecule has 0 saturated heterocycles. The third kappa shape index (κ3) is 10.7. The SMILES string of the molecule is CCCCCCCc1ccc(COCc2ccc(CCCCCCC)cc2)cc1. The van der Waals surface area contributed by atoms with Crippen molar-refractivity contribution in [1.82, 2.24) is 0 Å². The van der Waals surface area contributed by atoms with Gasteiger partial charge in [0.15, 0.2) is 0 Å². The number of hydrogen-bond donors (Lipinski definition) is 0. The molecule has 2 aromatic rings. The van der Waals surface area contributed by atoms with Crippen molar-refractivity contribution in [2.24, 2.45) is 0 Å². The maximum absolute atomic E-state index is 5.94. The maximum atomic E-state index is 5.94. The highest BCUT2D eigenvalue weighted by molar-refractivity contribution is 5.23. The number of unbranched alkanes of at least 4 members (excludes halogenated alkanes) is 8. The molecule has 160 valence electrons. The molecule has 2 rings (SSSR count). The van der Waals surface area contributed by atoms with Gasteiger partial charge in [-0.1, -0.05) is 114 Å². The fourth-order valence-electron chi connectivity index (χ4n) is 3.76. The molecule has 0 fully saturated rings. The summed E-state index contributed by atoms with van der Waals surface area (Å²) >= 11 is 0. The molecule has 0 spiro atoms. The van der Waals surface area contributed by atoms with E-state index in [0.717, 1.165) is 0 Å². The molecule has 2 aromatic carbocycles. The molecule has 0 unspecified atom stereocenters. The average Bonchev–Trinajstić information content (AvgIpc) is 2.75. The Bertz CT molecular complexity index is 569. The van der Waals surface area contributed by atoms with Crippen LogP contribution in [0.25, 0.3) is 0 Å². The minimum atomic E-state index is 0.690. The van der Waals surface area contributed by atoms with E-state index in [1.54, 1.807) is 0 Å². The van der Waals surface area contributed by atoms with E-state index in [2.05, 4.69) is 62.4 Å². The van der Waals surface area contributed by atoms with Crippen LogP contribution in [0.5, 0.6) is 0 Å². The maximum Gasteiger partial charge on any atom is 0.0721 e. The zero-order chi connectivity index (χ0) is 20.6. The Morgan fingerprint density at radius 1 is 0.448 bits per heavy atom. The van der Waals surface area contributed by atoms with Crippen LogP contribution in [0.3, 0.4) is 0 Å². The minimum absolute atomic E-state index is 0.690. The van der Waals surface area contributed by atoms with Crippen molar-refractivity contribution in [2.45, 2.75) is 104 Å². The van der Waals surface area contributed by atoms with Gasteiger partial charge in [-0.25, -0.2) is 0 Å². The Balaban J connectivity index is 1.61. The second-order valence-corrected chi connectivity index (χ2v) is 8.45. The van der Waals surface area contributed by atoms with Crippen LogP contribution in [-0.4, -0.2) is 0 Å². The number of benzene rings is 2. The number of rotatable bonds is 16. The highest BCUT2D eigenvalue weighted by atomic mass is 16.5. The molecule has 0 aliphatic carbocycles. The van der Waals surface area contributed by atoms with E-state index in [-0.39, 0.29) is 0 Å². The number of hydrogen-bond acceptors (Lipinski definition) is 1. The summed E-state index contributed by atoms with van der Waals surface area (Å²) in [5, 5.41) is 0. The minimum Gasteiger partial charge on any atom is -0.372 e. The van der Waals surface area contributed by atoms with Gasteiger partial charge in [-0.3, -0.25) is 0 Å². The van der Waals surface area contributed by atoms with Crippen LogP contribution in [0.2, 0.25) is 0 Å².